The zero-order chi connectivity index (χ0) is 19.0. The number of carbonyl (C=O) groups is 1. The molecule has 0 spiro atoms. The van der Waals surface area contributed by atoms with Crippen molar-refractivity contribution >= 4 is 27.5 Å². The van der Waals surface area contributed by atoms with Gasteiger partial charge in [0.25, 0.3) is 11.5 Å². The molecule has 0 atom stereocenters. The molecule has 6 nitrogen and oxygen atoms in total. The van der Waals surface area contributed by atoms with Gasteiger partial charge in [0.15, 0.2) is 0 Å². The van der Waals surface area contributed by atoms with E-state index in [0.717, 1.165) is 36.4 Å². The molecule has 1 aromatic carbocycles. The van der Waals surface area contributed by atoms with Gasteiger partial charge >= 0.3 is 0 Å². The molecule has 1 aliphatic rings. The Kier molecular flexibility index (Phi) is 4.70. The first-order valence-electron chi connectivity index (χ1n) is 9.03. The van der Waals surface area contributed by atoms with E-state index in [-0.39, 0.29) is 11.5 Å². The molecule has 3 aromatic rings. The van der Waals surface area contributed by atoms with Crippen LogP contribution in [0.2, 0.25) is 0 Å². The first kappa shape index (κ1) is 17.7. The number of rotatable bonds is 4. The molecule has 0 saturated heterocycles. The number of para-hydroxylation sites is 1. The molecular formula is C20H21N3O3S. The minimum Gasteiger partial charge on any atom is -0.496 e. The maximum absolute atomic E-state index is 12.9. The van der Waals surface area contributed by atoms with Gasteiger partial charge in [0.05, 0.1) is 17.4 Å². The van der Waals surface area contributed by atoms with Gasteiger partial charge in [-0.25, -0.2) is 4.98 Å². The summed E-state index contributed by atoms with van der Waals surface area (Å²) in [5, 5.41) is 3.51. The molecule has 3 heterocycles. The summed E-state index contributed by atoms with van der Waals surface area (Å²) in [5.74, 6) is 1.38. The predicted octanol–water partition coefficient (Wildman–Crippen LogP) is 3.04. The van der Waals surface area contributed by atoms with Crippen LogP contribution in [0, 0.1) is 6.92 Å². The highest BCUT2D eigenvalue weighted by molar-refractivity contribution is 7.20. The third-order valence-corrected chi connectivity index (χ3v) is 6.18. The van der Waals surface area contributed by atoms with E-state index < -0.39 is 0 Å². The van der Waals surface area contributed by atoms with E-state index >= 15 is 0 Å². The maximum atomic E-state index is 12.9. The van der Waals surface area contributed by atoms with Crippen LogP contribution < -0.4 is 15.6 Å². The van der Waals surface area contributed by atoms with Gasteiger partial charge in [-0.15, -0.1) is 11.3 Å². The SMILES string of the molecule is COc1ccccc1CNC(=O)c1sc2nc3n(c(=O)c2c1C)CCCC3. The number of aryl methyl sites for hydroxylation is 2. The molecule has 27 heavy (non-hydrogen) atoms. The molecule has 1 N–H and O–H groups in total. The average molecular weight is 383 g/mol. The summed E-state index contributed by atoms with van der Waals surface area (Å²) in [7, 11) is 1.61. The van der Waals surface area contributed by atoms with Crippen LogP contribution in [0.4, 0.5) is 0 Å². The van der Waals surface area contributed by atoms with Crippen LogP contribution in [-0.4, -0.2) is 22.6 Å². The highest BCUT2D eigenvalue weighted by atomic mass is 32.1. The van der Waals surface area contributed by atoms with Crippen molar-refractivity contribution in [3.63, 3.8) is 0 Å². The zero-order valence-corrected chi connectivity index (χ0v) is 16.2. The number of benzene rings is 1. The number of fused-ring (bicyclic) bond motifs is 2. The normalized spacial score (nSPS) is 13.4. The van der Waals surface area contributed by atoms with Crippen LogP contribution in [-0.2, 0) is 19.5 Å². The van der Waals surface area contributed by atoms with Crippen molar-refractivity contribution < 1.29 is 9.53 Å². The van der Waals surface area contributed by atoms with E-state index in [1.54, 1.807) is 11.7 Å². The Morgan fingerprint density at radius 1 is 1.33 bits per heavy atom. The van der Waals surface area contributed by atoms with Gasteiger partial charge in [-0.3, -0.25) is 14.2 Å². The van der Waals surface area contributed by atoms with Crippen LogP contribution in [0.3, 0.4) is 0 Å². The lowest BCUT2D eigenvalue weighted by Gasteiger charge is -2.16. The number of thiophene rings is 1. The highest BCUT2D eigenvalue weighted by Crippen LogP contribution is 2.28. The minimum absolute atomic E-state index is 0.0211. The Labute approximate surface area is 160 Å². The molecular weight excluding hydrogens is 362 g/mol. The molecule has 1 aliphatic heterocycles. The van der Waals surface area contributed by atoms with E-state index in [9.17, 15) is 9.59 Å². The largest absolute Gasteiger partial charge is 0.496 e. The second-order valence-corrected chi connectivity index (χ2v) is 7.67. The molecule has 0 aliphatic carbocycles. The van der Waals surface area contributed by atoms with Crippen molar-refractivity contribution in [1.29, 1.82) is 0 Å². The minimum atomic E-state index is -0.191. The zero-order valence-electron chi connectivity index (χ0n) is 15.4. The highest BCUT2D eigenvalue weighted by Gasteiger charge is 2.22. The second-order valence-electron chi connectivity index (χ2n) is 6.67. The summed E-state index contributed by atoms with van der Waals surface area (Å²) in [6, 6.07) is 7.58. The molecule has 0 unspecified atom stereocenters. The first-order chi connectivity index (χ1) is 13.1. The summed E-state index contributed by atoms with van der Waals surface area (Å²) in [4.78, 5) is 31.5. The Morgan fingerprint density at radius 3 is 2.96 bits per heavy atom. The fourth-order valence-electron chi connectivity index (χ4n) is 3.55. The smallest absolute Gasteiger partial charge is 0.262 e. The Bertz CT molecular complexity index is 1080. The average Bonchev–Trinajstić information content (AvgIpc) is 3.03. The van der Waals surface area contributed by atoms with E-state index in [0.29, 0.717) is 33.7 Å². The molecule has 2 aromatic heterocycles. The fourth-order valence-corrected chi connectivity index (χ4v) is 4.66. The van der Waals surface area contributed by atoms with Gasteiger partial charge in [0.2, 0.25) is 0 Å². The summed E-state index contributed by atoms with van der Waals surface area (Å²) in [6.45, 7) is 2.90. The summed E-state index contributed by atoms with van der Waals surface area (Å²) < 4.78 is 7.09. The summed E-state index contributed by atoms with van der Waals surface area (Å²) in [6.07, 6.45) is 2.86. The molecule has 0 fully saturated rings. The maximum Gasteiger partial charge on any atom is 0.262 e. The van der Waals surface area contributed by atoms with Gasteiger partial charge in [-0.05, 0) is 31.4 Å². The predicted molar refractivity (Wildman–Crippen MR) is 106 cm³/mol. The van der Waals surface area contributed by atoms with Crippen LogP contribution in [0.15, 0.2) is 29.1 Å². The van der Waals surface area contributed by atoms with E-state index in [1.165, 1.54) is 11.3 Å². The Balaban J connectivity index is 1.65. The van der Waals surface area contributed by atoms with Crippen LogP contribution >= 0.6 is 11.3 Å². The molecule has 0 radical (unpaired) electrons. The van der Waals surface area contributed by atoms with Crippen molar-refractivity contribution in [1.82, 2.24) is 14.9 Å². The fraction of sp³-hybridized carbons (Fsp3) is 0.350. The summed E-state index contributed by atoms with van der Waals surface area (Å²) in [5.41, 5.74) is 1.60. The number of carbonyl (C=O) groups excluding carboxylic acids is 1. The van der Waals surface area contributed by atoms with Crippen LogP contribution in [0.1, 0.15) is 39.5 Å². The van der Waals surface area contributed by atoms with Crippen molar-refractivity contribution in [3.8, 4) is 5.75 Å². The number of hydrogen-bond acceptors (Lipinski definition) is 5. The third-order valence-electron chi connectivity index (χ3n) is 5.00. The van der Waals surface area contributed by atoms with Gasteiger partial charge in [0.1, 0.15) is 16.4 Å². The van der Waals surface area contributed by atoms with E-state index in [2.05, 4.69) is 10.3 Å². The molecule has 140 valence electrons. The number of ether oxygens (including phenoxy) is 1. The standard InChI is InChI=1S/C20H21N3O3S/c1-12-16-19(22-15-9-5-6-10-23(15)20(16)25)27-17(12)18(24)21-11-13-7-3-4-8-14(13)26-2/h3-4,7-8H,5-6,9-11H2,1-2H3,(H,21,24). The van der Waals surface area contributed by atoms with E-state index in [1.807, 2.05) is 31.2 Å². The number of methoxy groups -OCH3 is 1. The van der Waals surface area contributed by atoms with Gasteiger partial charge in [-0.2, -0.15) is 0 Å². The molecule has 1 amide bonds. The molecule has 7 heteroatoms. The lowest BCUT2D eigenvalue weighted by atomic mass is 10.1. The number of amides is 1. The van der Waals surface area contributed by atoms with Gasteiger partial charge in [0, 0.05) is 25.1 Å². The summed E-state index contributed by atoms with van der Waals surface area (Å²) >= 11 is 1.30. The second kappa shape index (κ2) is 7.15. The molecule has 0 saturated carbocycles. The van der Waals surface area contributed by atoms with Crippen molar-refractivity contribution in [2.24, 2.45) is 0 Å². The molecule has 4 rings (SSSR count). The van der Waals surface area contributed by atoms with Gasteiger partial charge in [-0.1, -0.05) is 18.2 Å². The number of hydrogen-bond donors (Lipinski definition) is 1. The Hall–Kier alpha value is -2.67. The van der Waals surface area contributed by atoms with E-state index in [4.69, 9.17) is 4.74 Å². The van der Waals surface area contributed by atoms with Crippen molar-refractivity contribution in [2.75, 3.05) is 7.11 Å². The first-order valence-corrected chi connectivity index (χ1v) is 9.84. The number of nitrogens with one attached hydrogen (secondary N) is 1. The molecule has 0 bridgehead atoms. The van der Waals surface area contributed by atoms with Crippen LogP contribution in [0.5, 0.6) is 5.75 Å². The van der Waals surface area contributed by atoms with Crippen molar-refractivity contribution in [2.45, 2.75) is 39.3 Å². The quantitative estimate of drug-likeness (QED) is 0.752. The van der Waals surface area contributed by atoms with Crippen molar-refractivity contribution in [3.05, 3.63) is 56.4 Å². The third kappa shape index (κ3) is 3.12. The Morgan fingerprint density at radius 2 is 2.15 bits per heavy atom. The number of nitrogens with zero attached hydrogens (tertiary/aromatic N) is 2. The number of aromatic nitrogens is 2. The van der Waals surface area contributed by atoms with Gasteiger partial charge < -0.3 is 10.1 Å². The lowest BCUT2D eigenvalue weighted by molar-refractivity contribution is 0.0954. The topological polar surface area (TPSA) is 73.2 Å². The monoisotopic (exact) mass is 383 g/mol. The lowest BCUT2D eigenvalue weighted by Crippen LogP contribution is -2.28. The van der Waals surface area contributed by atoms with Crippen LogP contribution in [0.25, 0.3) is 10.2 Å².